The van der Waals surface area contributed by atoms with Gasteiger partial charge in [-0.05, 0) is 26.3 Å². The number of aryl methyl sites for hydroxylation is 2. The molecule has 0 saturated heterocycles. The van der Waals surface area contributed by atoms with Gasteiger partial charge >= 0.3 is 5.97 Å². The summed E-state index contributed by atoms with van der Waals surface area (Å²) in [5.74, 6) is -1.56. The lowest BCUT2D eigenvalue weighted by Crippen LogP contribution is -2.35. The van der Waals surface area contributed by atoms with Crippen LogP contribution in [0.2, 0.25) is 0 Å². The van der Waals surface area contributed by atoms with E-state index in [2.05, 4.69) is 10.3 Å². The summed E-state index contributed by atoms with van der Waals surface area (Å²) in [5, 5.41) is 12.0. The van der Waals surface area contributed by atoms with Gasteiger partial charge in [0.05, 0.1) is 0 Å². The summed E-state index contributed by atoms with van der Waals surface area (Å²) < 4.78 is 6.35. The zero-order valence-electron chi connectivity index (χ0n) is 15.1. The number of furan rings is 1. The Labute approximate surface area is 154 Å². The van der Waals surface area contributed by atoms with E-state index in [0.717, 1.165) is 15.7 Å². The van der Waals surface area contributed by atoms with Crippen molar-refractivity contribution in [2.75, 3.05) is 0 Å². The number of hydrogen-bond acceptors (Lipinski definition) is 5. The summed E-state index contributed by atoms with van der Waals surface area (Å²) in [6.07, 6.45) is 1.19. The minimum Gasteiger partial charge on any atom is -0.478 e. The Balaban J connectivity index is 1.87. The van der Waals surface area contributed by atoms with Crippen LogP contribution in [-0.2, 0) is 11.3 Å². The number of rotatable bonds is 5. The van der Waals surface area contributed by atoms with Crippen LogP contribution in [0.4, 0.5) is 0 Å². The molecule has 1 aromatic carbocycles. The van der Waals surface area contributed by atoms with Crippen LogP contribution in [0.15, 0.2) is 39.8 Å². The Morgan fingerprint density at radius 1 is 1.26 bits per heavy atom. The number of carbonyl (C=O) groups excluding carboxylic acids is 1. The first-order chi connectivity index (χ1) is 12.8. The highest BCUT2D eigenvalue weighted by molar-refractivity contribution is 6.02. The van der Waals surface area contributed by atoms with Crippen LogP contribution in [0.1, 0.15) is 40.2 Å². The fourth-order valence-electron chi connectivity index (χ4n) is 2.82. The number of carboxylic acids is 1. The number of carboxylic acid groups (broad SMARTS) is 1. The fourth-order valence-corrected chi connectivity index (χ4v) is 2.82. The second-order valence-corrected chi connectivity index (χ2v) is 6.35. The lowest BCUT2D eigenvalue weighted by molar-refractivity contribution is -0.124. The molecule has 8 heteroatoms. The summed E-state index contributed by atoms with van der Waals surface area (Å²) in [4.78, 5) is 40.6. The number of hydrogen-bond donors (Lipinski definition) is 2. The maximum Gasteiger partial charge on any atom is 0.340 e. The first kappa shape index (κ1) is 18.4. The van der Waals surface area contributed by atoms with Gasteiger partial charge in [0, 0.05) is 6.54 Å². The van der Waals surface area contributed by atoms with Crippen molar-refractivity contribution in [3.05, 3.63) is 63.4 Å². The number of carbonyl (C=O) groups is 2. The Kier molecular flexibility index (Phi) is 4.81. The second-order valence-electron chi connectivity index (χ2n) is 6.35. The van der Waals surface area contributed by atoms with Crippen LogP contribution < -0.4 is 10.9 Å². The Morgan fingerprint density at radius 2 is 1.93 bits per heavy atom. The molecule has 3 rings (SSSR count). The number of amides is 1. The largest absolute Gasteiger partial charge is 0.478 e. The number of nitrogens with zero attached hydrogens (tertiary/aromatic N) is 2. The molecule has 8 nitrogen and oxygen atoms in total. The first-order valence-electron chi connectivity index (χ1n) is 8.36. The monoisotopic (exact) mass is 369 g/mol. The number of aromatic nitrogens is 2. The summed E-state index contributed by atoms with van der Waals surface area (Å²) in [6.45, 7) is 5.29. The van der Waals surface area contributed by atoms with E-state index in [0.29, 0.717) is 6.54 Å². The normalized spacial score (nSPS) is 12.1. The molecular formula is C19H19N3O5. The van der Waals surface area contributed by atoms with Crippen molar-refractivity contribution in [2.24, 2.45) is 0 Å². The van der Waals surface area contributed by atoms with Crippen molar-refractivity contribution >= 4 is 23.0 Å². The molecule has 0 aliphatic carbocycles. The van der Waals surface area contributed by atoms with Crippen LogP contribution in [-0.4, -0.2) is 26.5 Å². The molecule has 0 aliphatic rings. The molecule has 1 unspecified atom stereocenters. The molecule has 140 valence electrons. The smallest absolute Gasteiger partial charge is 0.340 e. The minimum absolute atomic E-state index is 0.0570. The Bertz CT molecular complexity index is 1080. The zero-order chi connectivity index (χ0) is 19.7. The molecule has 3 aromatic rings. The molecule has 0 fully saturated rings. The van der Waals surface area contributed by atoms with Crippen molar-refractivity contribution in [1.82, 2.24) is 14.9 Å². The molecule has 2 N–H and O–H groups in total. The predicted octanol–water partition coefficient (Wildman–Crippen LogP) is 2.18. The van der Waals surface area contributed by atoms with Gasteiger partial charge in [-0.2, -0.15) is 0 Å². The third-order valence-electron chi connectivity index (χ3n) is 4.41. The van der Waals surface area contributed by atoms with E-state index in [1.54, 1.807) is 6.92 Å². The third kappa shape index (κ3) is 3.46. The van der Waals surface area contributed by atoms with Crippen LogP contribution in [0, 0.1) is 13.8 Å². The Morgan fingerprint density at radius 3 is 2.56 bits per heavy atom. The first-order valence-corrected chi connectivity index (χ1v) is 8.36. The van der Waals surface area contributed by atoms with Gasteiger partial charge in [0.2, 0.25) is 11.6 Å². The van der Waals surface area contributed by atoms with E-state index in [1.165, 1.54) is 13.3 Å². The van der Waals surface area contributed by atoms with Crippen LogP contribution in [0.25, 0.3) is 11.1 Å². The van der Waals surface area contributed by atoms with Crippen molar-refractivity contribution < 1.29 is 19.1 Å². The molecule has 0 saturated carbocycles. The van der Waals surface area contributed by atoms with E-state index in [4.69, 9.17) is 4.42 Å². The van der Waals surface area contributed by atoms with Gasteiger partial charge in [-0.1, -0.05) is 29.8 Å². The molecular weight excluding hydrogens is 350 g/mol. The van der Waals surface area contributed by atoms with Gasteiger partial charge in [-0.25, -0.2) is 9.78 Å². The quantitative estimate of drug-likeness (QED) is 0.712. The number of fused-ring (bicyclic) bond motifs is 1. The highest BCUT2D eigenvalue weighted by atomic mass is 16.4. The molecule has 2 aromatic heterocycles. The standard InChI is InChI=1S/C19H19N3O5/c1-10-4-6-13(7-5-10)8-20-16(23)11(2)22-9-21-17-15(18(22)24)14(19(25)26)12(3)27-17/h4-7,9,11H,8H2,1-3H3,(H,20,23)(H,25,26). The van der Waals surface area contributed by atoms with E-state index >= 15 is 0 Å². The highest BCUT2D eigenvalue weighted by Crippen LogP contribution is 2.21. The van der Waals surface area contributed by atoms with E-state index in [9.17, 15) is 19.5 Å². The van der Waals surface area contributed by atoms with Crippen molar-refractivity contribution in [1.29, 1.82) is 0 Å². The molecule has 1 atom stereocenters. The van der Waals surface area contributed by atoms with Crippen LogP contribution >= 0.6 is 0 Å². The Hall–Kier alpha value is -3.42. The topological polar surface area (TPSA) is 114 Å². The molecule has 0 aliphatic heterocycles. The number of aromatic carboxylic acids is 1. The fraction of sp³-hybridized carbons (Fsp3) is 0.263. The van der Waals surface area contributed by atoms with Gasteiger partial charge in [0.25, 0.3) is 5.56 Å². The van der Waals surface area contributed by atoms with Gasteiger partial charge in [-0.15, -0.1) is 0 Å². The minimum atomic E-state index is -1.28. The number of nitrogens with one attached hydrogen (secondary N) is 1. The van der Waals surface area contributed by atoms with Crippen molar-refractivity contribution in [3.8, 4) is 0 Å². The molecule has 2 heterocycles. The number of benzene rings is 1. The van der Waals surface area contributed by atoms with Crippen LogP contribution in [0.3, 0.4) is 0 Å². The van der Waals surface area contributed by atoms with Gasteiger partial charge in [-0.3, -0.25) is 14.2 Å². The van der Waals surface area contributed by atoms with Crippen LogP contribution in [0.5, 0.6) is 0 Å². The lowest BCUT2D eigenvalue weighted by atomic mass is 10.1. The lowest BCUT2D eigenvalue weighted by Gasteiger charge is -2.14. The van der Waals surface area contributed by atoms with Gasteiger partial charge < -0.3 is 14.8 Å². The maximum atomic E-state index is 12.7. The predicted molar refractivity (Wildman–Crippen MR) is 97.7 cm³/mol. The average molecular weight is 369 g/mol. The zero-order valence-corrected chi connectivity index (χ0v) is 15.1. The SMILES string of the molecule is Cc1ccc(CNC(=O)C(C)n2cnc3oc(C)c(C(=O)O)c3c2=O)cc1. The molecule has 0 spiro atoms. The molecule has 27 heavy (non-hydrogen) atoms. The summed E-state index contributed by atoms with van der Waals surface area (Å²) >= 11 is 0. The van der Waals surface area contributed by atoms with E-state index < -0.39 is 17.6 Å². The van der Waals surface area contributed by atoms with Crippen molar-refractivity contribution in [3.63, 3.8) is 0 Å². The van der Waals surface area contributed by atoms with E-state index in [1.807, 2.05) is 31.2 Å². The molecule has 0 radical (unpaired) electrons. The average Bonchev–Trinajstić information content (AvgIpc) is 2.98. The molecule has 0 bridgehead atoms. The van der Waals surface area contributed by atoms with Gasteiger partial charge in [0.1, 0.15) is 29.1 Å². The third-order valence-corrected chi connectivity index (χ3v) is 4.41. The maximum absolute atomic E-state index is 12.7. The summed E-state index contributed by atoms with van der Waals surface area (Å²) in [5.41, 5.74) is 1.13. The second kappa shape index (κ2) is 7.06. The molecule has 1 amide bonds. The summed E-state index contributed by atoms with van der Waals surface area (Å²) in [7, 11) is 0. The van der Waals surface area contributed by atoms with Crippen molar-refractivity contribution in [2.45, 2.75) is 33.4 Å². The van der Waals surface area contributed by atoms with Gasteiger partial charge in [0.15, 0.2) is 0 Å². The summed E-state index contributed by atoms with van der Waals surface area (Å²) in [6, 6.07) is 6.85. The van der Waals surface area contributed by atoms with E-state index in [-0.39, 0.29) is 28.3 Å². The highest BCUT2D eigenvalue weighted by Gasteiger charge is 2.25.